The van der Waals surface area contributed by atoms with Crippen molar-refractivity contribution in [1.82, 2.24) is 0 Å². The molecule has 3 N–H and O–H groups in total. The van der Waals surface area contributed by atoms with Gasteiger partial charge in [0.2, 0.25) is 0 Å². The molecule has 5 atom stereocenters. The van der Waals surface area contributed by atoms with Crippen LogP contribution in [0.4, 0.5) is 0 Å². The normalized spacial score (nSPS) is 13.8. The maximum absolute atomic E-state index is 13.1. The Hall–Kier alpha value is -1.94. The summed E-state index contributed by atoms with van der Waals surface area (Å²) in [6.45, 7) is 7.23. The molecule has 0 rings (SSSR count). The standard InChI is InChI=1S/C84H164O17P2/c1-6-9-12-15-18-21-24-26-28-30-32-34-36-38-40-42-44-46-49-51-57-62-67-81(86)94-73-79(100-84(89)70-65-60-53-50-47-45-43-41-39-37-35-33-31-29-27-25-22-19-16-13-10-7-2)75-98-102(90,91)96-71-78(85)72-97-103(92,93)99-76-80(74-95-82(87)68-63-58-55-54-56-61-66-77(4)5)101-83(88)69-64-59-52-48-23-20-17-14-11-8-3/h77-80,85H,6-76H2,1-5H3,(H,90,91)(H,92,93)/t78-,79-,80-/m1/s1. The van der Waals surface area contributed by atoms with Gasteiger partial charge in [-0.3, -0.25) is 37.3 Å². The van der Waals surface area contributed by atoms with E-state index in [-0.39, 0.29) is 25.7 Å². The van der Waals surface area contributed by atoms with Crippen LogP contribution in [0.15, 0.2) is 0 Å². The number of carbonyl (C=O) groups excluding carboxylic acids is 4. The molecule has 0 amide bonds. The zero-order chi connectivity index (χ0) is 75.5. The lowest BCUT2D eigenvalue weighted by Gasteiger charge is -2.21. The summed E-state index contributed by atoms with van der Waals surface area (Å²) in [5, 5.41) is 10.6. The van der Waals surface area contributed by atoms with Crippen LogP contribution in [0, 0.1) is 5.92 Å². The molecular weight excluding hydrogens is 1340 g/mol. The van der Waals surface area contributed by atoms with Crippen LogP contribution < -0.4 is 0 Å². The van der Waals surface area contributed by atoms with Crippen molar-refractivity contribution in [3.05, 3.63) is 0 Å². The summed E-state index contributed by atoms with van der Waals surface area (Å²) in [5.41, 5.74) is 0. The third-order valence-corrected chi connectivity index (χ3v) is 21.7. The molecule has 0 fully saturated rings. The molecule has 17 nitrogen and oxygen atoms in total. The number of aliphatic hydroxyl groups is 1. The fourth-order valence-corrected chi connectivity index (χ4v) is 14.7. The Labute approximate surface area is 632 Å². The zero-order valence-electron chi connectivity index (χ0n) is 67.5. The maximum Gasteiger partial charge on any atom is 0.472 e. The zero-order valence-corrected chi connectivity index (χ0v) is 69.3. The van der Waals surface area contributed by atoms with Crippen LogP contribution in [0.25, 0.3) is 0 Å². The molecule has 0 aliphatic heterocycles. The van der Waals surface area contributed by atoms with Crippen LogP contribution in [-0.4, -0.2) is 96.7 Å². The number of esters is 4. The number of phosphoric acid groups is 2. The van der Waals surface area contributed by atoms with Crippen molar-refractivity contribution in [3.8, 4) is 0 Å². The van der Waals surface area contributed by atoms with Gasteiger partial charge < -0.3 is 33.8 Å². The second-order valence-corrected chi connectivity index (χ2v) is 33.6. The number of carbonyl (C=O) groups is 4. The molecule has 0 aliphatic rings. The van der Waals surface area contributed by atoms with Gasteiger partial charge in [0, 0.05) is 25.7 Å². The van der Waals surface area contributed by atoms with E-state index in [0.29, 0.717) is 31.6 Å². The third kappa shape index (κ3) is 78.0. The molecule has 103 heavy (non-hydrogen) atoms. The minimum atomic E-state index is -4.96. The van der Waals surface area contributed by atoms with Crippen molar-refractivity contribution in [1.29, 1.82) is 0 Å². The van der Waals surface area contributed by atoms with E-state index in [1.165, 1.54) is 270 Å². The third-order valence-electron chi connectivity index (χ3n) is 19.8. The lowest BCUT2D eigenvalue weighted by molar-refractivity contribution is -0.161. The summed E-state index contributed by atoms with van der Waals surface area (Å²) in [6.07, 6.45) is 70.0. The van der Waals surface area contributed by atoms with Gasteiger partial charge in [-0.25, -0.2) is 9.13 Å². The summed E-state index contributed by atoms with van der Waals surface area (Å²) in [4.78, 5) is 73.0. The average Bonchev–Trinajstić information content (AvgIpc) is 0.928. The van der Waals surface area contributed by atoms with Crippen LogP contribution in [0.5, 0.6) is 0 Å². The summed E-state index contributed by atoms with van der Waals surface area (Å²) in [5.74, 6) is -1.43. The fourth-order valence-electron chi connectivity index (χ4n) is 13.1. The number of hydrogen-bond acceptors (Lipinski definition) is 15. The minimum Gasteiger partial charge on any atom is -0.462 e. The highest BCUT2D eigenvalue weighted by molar-refractivity contribution is 7.47. The first-order valence-corrected chi connectivity index (χ1v) is 46.6. The Morgan fingerprint density at radius 2 is 0.447 bits per heavy atom. The molecule has 0 aromatic carbocycles. The van der Waals surface area contributed by atoms with E-state index in [4.69, 9.17) is 37.0 Å². The first-order chi connectivity index (χ1) is 50.0. The van der Waals surface area contributed by atoms with Crippen LogP contribution in [-0.2, 0) is 65.4 Å². The van der Waals surface area contributed by atoms with E-state index in [0.717, 1.165) is 96.3 Å². The van der Waals surface area contributed by atoms with E-state index in [9.17, 15) is 43.2 Å². The summed E-state index contributed by atoms with van der Waals surface area (Å²) >= 11 is 0. The Morgan fingerprint density at radius 3 is 0.660 bits per heavy atom. The van der Waals surface area contributed by atoms with Crippen molar-refractivity contribution in [2.45, 2.75) is 470 Å². The molecular formula is C84H164O17P2. The predicted octanol–water partition coefficient (Wildman–Crippen LogP) is 25.6. The maximum atomic E-state index is 13.1. The van der Waals surface area contributed by atoms with Gasteiger partial charge in [-0.2, -0.15) is 0 Å². The van der Waals surface area contributed by atoms with Gasteiger partial charge in [0.25, 0.3) is 0 Å². The molecule has 0 saturated carbocycles. The van der Waals surface area contributed by atoms with Gasteiger partial charge in [0.1, 0.15) is 19.3 Å². The van der Waals surface area contributed by atoms with E-state index >= 15 is 0 Å². The van der Waals surface area contributed by atoms with Crippen LogP contribution in [0.2, 0.25) is 0 Å². The van der Waals surface area contributed by atoms with E-state index in [1.54, 1.807) is 0 Å². The molecule has 0 aromatic rings. The number of phosphoric ester groups is 2. The van der Waals surface area contributed by atoms with Crippen molar-refractivity contribution in [2.75, 3.05) is 39.6 Å². The average molecular weight is 1510 g/mol. The van der Waals surface area contributed by atoms with E-state index in [1.807, 2.05) is 0 Å². The van der Waals surface area contributed by atoms with Gasteiger partial charge in [-0.05, 0) is 31.6 Å². The van der Waals surface area contributed by atoms with Crippen molar-refractivity contribution in [3.63, 3.8) is 0 Å². The highest BCUT2D eigenvalue weighted by atomic mass is 31.2. The van der Waals surface area contributed by atoms with Crippen LogP contribution in [0.3, 0.4) is 0 Å². The predicted molar refractivity (Wildman–Crippen MR) is 423 cm³/mol. The topological polar surface area (TPSA) is 237 Å². The molecule has 19 heteroatoms. The van der Waals surface area contributed by atoms with Crippen molar-refractivity contribution in [2.24, 2.45) is 5.92 Å². The summed E-state index contributed by atoms with van der Waals surface area (Å²) < 4.78 is 68.7. The molecule has 0 saturated heterocycles. The van der Waals surface area contributed by atoms with Crippen molar-refractivity contribution < 1.29 is 80.2 Å². The van der Waals surface area contributed by atoms with Crippen LogP contribution >= 0.6 is 15.6 Å². The van der Waals surface area contributed by atoms with Crippen molar-refractivity contribution >= 4 is 39.5 Å². The first-order valence-electron chi connectivity index (χ1n) is 43.6. The summed E-state index contributed by atoms with van der Waals surface area (Å²) in [7, 11) is -9.92. The second kappa shape index (κ2) is 76.8. The molecule has 0 aromatic heterocycles. The lowest BCUT2D eigenvalue weighted by atomic mass is 10.0. The lowest BCUT2D eigenvalue weighted by Crippen LogP contribution is -2.30. The molecule has 2 unspecified atom stereocenters. The Kier molecular flexibility index (Phi) is 75.4. The first kappa shape index (κ1) is 101. The molecule has 612 valence electrons. The second-order valence-electron chi connectivity index (χ2n) is 30.7. The van der Waals surface area contributed by atoms with Gasteiger partial charge in [-0.1, -0.05) is 401 Å². The van der Waals surface area contributed by atoms with Gasteiger partial charge in [0.15, 0.2) is 12.2 Å². The molecule has 0 radical (unpaired) electrons. The number of ether oxygens (including phenoxy) is 4. The molecule has 0 bridgehead atoms. The Morgan fingerprint density at radius 1 is 0.262 bits per heavy atom. The number of aliphatic hydroxyl groups excluding tert-OH is 1. The minimum absolute atomic E-state index is 0.106. The summed E-state index contributed by atoms with van der Waals surface area (Å²) in [6, 6.07) is 0. The highest BCUT2D eigenvalue weighted by Crippen LogP contribution is 2.45. The molecule has 0 spiro atoms. The van der Waals surface area contributed by atoms with Gasteiger partial charge >= 0.3 is 39.5 Å². The SMILES string of the molecule is CCCCCCCCCCCCCCCCCCCCCCCCC(=O)OC[C@H](COP(=O)(O)OC[C@@H](O)COP(=O)(O)OC[C@@H](COC(=O)CCCCCCCCC(C)C)OC(=O)CCCCCCCCCCCC)OC(=O)CCCCCCCCCCCCCCCCCCCCCCCC. The van der Waals surface area contributed by atoms with Gasteiger partial charge in [0.05, 0.1) is 26.4 Å². The van der Waals surface area contributed by atoms with Gasteiger partial charge in [-0.15, -0.1) is 0 Å². The van der Waals surface area contributed by atoms with Crippen LogP contribution in [0.1, 0.15) is 452 Å². The monoisotopic (exact) mass is 1510 g/mol. The highest BCUT2D eigenvalue weighted by Gasteiger charge is 2.30. The Bertz CT molecular complexity index is 1960. The molecule has 0 heterocycles. The quantitative estimate of drug-likeness (QED) is 0.0222. The smallest absolute Gasteiger partial charge is 0.462 e. The number of hydrogen-bond donors (Lipinski definition) is 3. The number of unbranched alkanes of at least 4 members (excludes halogenated alkanes) is 56. The van der Waals surface area contributed by atoms with E-state index < -0.39 is 97.5 Å². The Balaban J connectivity index is 5.14. The van der Waals surface area contributed by atoms with E-state index in [2.05, 4.69) is 34.6 Å². The molecule has 0 aliphatic carbocycles. The number of rotatable bonds is 84. The fraction of sp³-hybridized carbons (Fsp3) is 0.952. The largest absolute Gasteiger partial charge is 0.472 e.